The van der Waals surface area contributed by atoms with Crippen LogP contribution in [0.4, 0.5) is 0 Å². The fraction of sp³-hybridized carbons (Fsp3) is 1.00. The molecule has 0 aromatic heterocycles. The van der Waals surface area contributed by atoms with Crippen LogP contribution in [0.3, 0.4) is 0 Å². The number of sulfonamides is 1. The topological polar surface area (TPSA) is 49.4 Å². The van der Waals surface area contributed by atoms with E-state index in [2.05, 4.69) is 4.83 Å². The van der Waals surface area contributed by atoms with Crippen LogP contribution in [0.15, 0.2) is 0 Å². The van der Waals surface area contributed by atoms with E-state index in [1.165, 1.54) is 12.7 Å². The molecular weight excluding hydrogens is 200 g/mol. The number of hydrogen-bond donors (Lipinski definition) is 1. The lowest BCUT2D eigenvalue weighted by molar-refractivity contribution is 0.200. The van der Waals surface area contributed by atoms with Crippen molar-refractivity contribution in [1.82, 2.24) is 9.84 Å². The van der Waals surface area contributed by atoms with Crippen LogP contribution >= 0.6 is 12.4 Å². The fourth-order valence-electron chi connectivity index (χ4n) is 1.22. The number of hydrogen-bond acceptors (Lipinski definition) is 3. The minimum atomic E-state index is -3.05. The van der Waals surface area contributed by atoms with E-state index in [9.17, 15) is 8.42 Å². The number of hydrazine groups is 1. The molecule has 1 N–H and O–H groups in total. The first-order chi connectivity index (χ1) is 5.08. The monoisotopic (exact) mass is 214 g/mol. The average Bonchev–Trinajstić information content (AvgIpc) is 1.85. The molecule has 4 nitrogen and oxygen atoms in total. The molecule has 1 fully saturated rings. The Bertz CT molecular complexity index is 212. The molecule has 12 heavy (non-hydrogen) atoms. The van der Waals surface area contributed by atoms with Crippen LogP contribution in [-0.4, -0.2) is 32.8 Å². The van der Waals surface area contributed by atoms with Crippen molar-refractivity contribution >= 4 is 22.4 Å². The van der Waals surface area contributed by atoms with Crippen molar-refractivity contribution in [2.75, 3.05) is 19.3 Å². The van der Waals surface area contributed by atoms with Gasteiger partial charge in [-0.05, 0) is 12.8 Å². The molecule has 0 aromatic rings. The summed E-state index contributed by atoms with van der Waals surface area (Å²) in [6.07, 6.45) is 4.56. The molecule has 0 aromatic carbocycles. The summed E-state index contributed by atoms with van der Waals surface area (Å²) in [5.41, 5.74) is 0. The molecule has 1 rings (SSSR count). The number of nitrogens with zero attached hydrogens (tertiary/aromatic N) is 1. The highest BCUT2D eigenvalue weighted by Crippen LogP contribution is 2.05. The molecule has 1 aliphatic rings. The highest BCUT2D eigenvalue weighted by atomic mass is 35.5. The molecule has 1 aliphatic heterocycles. The maximum atomic E-state index is 10.7. The summed E-state index contributed by atoms with van der Waals surface area (Å²) in [6, 6.07) is 0. The van der Waals surface area contributed by atoms with Crippen LogP contribution in [0.5, 0.6) is 0 Å². The number of rotatable bonds is 2. The van der Waals surface area contributed by atoms with E-state index >= 15 is 0 Å². The summed E-state index contributed by atoms with van der Waals surface area (Å²) in [7, 11) is -3.05. The average molecular weight is 215 g/mol. The van der Waals surface area contributed by atoms with Gasteiger partial charge in [-0.15, -0.1) is 17.2 Å². The smallest absolute Gasteiger partial charge is 0.221 e. The molecule has 6 heteroatoms. The van der Waals surface area contributed by atoms with Gasteiger partial charge in [0.2, 0.25) is 10.0 Å². The molecule has 0 atom stereocenters. The van der Waals surface area contributed by atoms with E-state index in [1.54, 1.807) is 5.01 Å². The molecule has 1 saturated heterocycles. The molecule has 0 unspecified atom stereocenters. The van der Waals surface area contributed by atoms with Gasteiger partial charge in [0.05, 0.1) is 6.26 Å². The summed E-state index contributed by atoms with van der Waals surface area (Å²) in [6.45, 7) is 1.68. The normalized spacial score (nSPS) is 20.1. The van der Waals surface area contributed by atoms with Gasteiger partial charge in [0, 0.05) is 13.1 Å². The van der Waals surface area contributed by atoms with Crippen LogP contribution in [0, 0.1) is 0 Å². The van der Waals surface area contributed by atoms with E-state index in [-0.39, 0.29) is 12.4 Å². The second-order valence-corrected chi connectivity index (χ2v) is 4.64. The van der Waals surface area contributed by atoms with Crippen molar-refractivity contribution < 1.29 is 8.42 Å². The minimum absolute atomic E-state index is 0. The van der Waals surface area contributed by atoms with Gasteiger partial charge >= 0.3 is 0 Å². The van der Waals surface area contributed by atoms with Crippen molar-refractivity contribution in [3.8, 4) is 0 Å². The zero-order valence-corrected chi connectivity index (χ0v) is 8.75. The Balaban J connectivity index is 0.00000121. The zero-order valence-electron chi connectivity index (χ0n) is 7.12. The number of nitrogens with one attached hydrogen (secondary N) is 1. The van der Waals surface area contributed by atoms with Gasteiger partial charge in [0.1, 0.15) is 0 Å². The first-order valence-electron chi connectivity index (χ1n) is 3.80. The van der Waals surface area contributed by atoms with Crippen LogP contribution in [0.2, 0.25) is 0 Å². The van der Waals surface area contributed by atoms with Crippen molar-refractivity contribution in [2.45, 2.75) is 19.3 Å². The maximum absolute atomic E-state index is 10.7. The van der Waals surface area contributed by atoms with Crippen molar-refractivity contribution in [3.05, 3.63) is 0 Å². The highest BCUT2D eigenvalue weighted by molar-refractivity contribution is 7.88. The lowest BCUT2D eigenvalue weighted by Crippen LogP contribution is -2.44. The molecule has 1 heterocycles. The summed E-state index contributed by atoms with van der Waals surface area (Å²) >= 11 is 0. The summed E-state index contributed by atoms with van der Waals surface area (Å²) in [4.78, 5) is 2.46. The lowest BCUT2D eigenvalue weighted by atomic mass is 10.2. The first-order valence-corrected chi connectivity index (χ1v) is 5.69. The predicted molar refractivity (Wildman–Crippen MR) is 50.7 cm³/mol. The standard InChI is InChI=1S/C6H14N2O2S.ClH/c1-11(9,10)7-8-5-3-2-4-6-8;/h7H,2-6H2,1H3;1H. The maximum Gasteiger partial charge on any atom is 0.221 e. The van der Waals surface area contributed by atoms with Gasteiger partial charge in [-0.25, -0.2) is 13.4 Å². The fourth-order valence-corrected chi connectivity index (χ4v) is 1.87. The Morgan fingerprint density at radius 3 is 2.08 bits per heavy atom. The Morgan fingerprint density at radius 2 is 1.67 bits per heavy atom. The third kappa shape index (κ3) is 4.92. The minimum Gasteiger partial charge on any atom is -0.231 e. The molecule has 0 radical (unpaired) electrons. The quantitative estimate of drug-likeness (QED) is 0.722. The van der Waals surface area contributed by atoms with Crippen molar-refractivity contribution in [3.63, 3.8) is 0 Å². The Hall–Kier alpha value is 0.160. The number of piperidine rings is 1. The van der Waals surface area contributed by atoms with Gasteiger partial charge in [-0.2, -0.15) is 0 Å². The second-order valence-electron chi connectivity index (χ2n) is 2.91. The first kappa shape index (κ1) is 12.2. The van der Waals surface area contributed by atoms with Crippen LogP contribution in [0.1, 0.15) is 19.3 Å². The Morgan fingerprint density at radius 1 is 1.17 bits per heavy atom. The second kappa shape index (κ2) is 5.01. The van der Waals surface area contributed by atoms with E-state index < -0.39 is 10.0 Å². The lowest BCUT2D eigenvalue weighted by Gasteiger charge is -2.25. The SMILES string of the molecule is CS(=O)(=O)NN1CCCCC1.Cl. The third-order valence-corrected chi connectivity index (χ3v) is 2.24. The molecular formula is C6H15ClN2O2S. The molecule has 0 aliphatic carbocycles. The molecule has 74 valence electrons. The Kier molecular flexibility index (Phi) is 5.08. The molecule has 0 amide bonds. The largest absolute Gasteiger partial charge is 0.231 e. The molecule has 0 saturated carbocycles. The van der Waals surface area contributed by atoms with Gasteiger partial charge < -0.3 is 0 Å². The predicted octanol–water partition coefficient (Wildman–Crippen LogP) is 0.358. The third-order valence-electron chi connectivity index (χ3n) is 1.65. The van der Waals surface area contributed by atoms with Gasteiger partial charge in [-0.1, -0.05) is 6.42 Å². The van der Waals surface area contributed by atoms with Crippen LogP contribution in [0.25, 0.3) is 0 Å². The van der Waals surface area contributed by atoms with Gasteiger partial charge in [-0.3, -0.25) is 0 Å². The van der Waals surface area contributed by atoms with Gasteiger partial charge in [0.25, 0.3) is 0 Å². The van der Waals surface area contributed by atoms with Crippen LogP contribution < -0.4 is 4.83 Å². The molecule has 0 spiro atoms. The van der Waals surface area contributed by atoms with Crippen LogP contribution in [-0.2, 0) is 10.0 Å². The van der Waals surface area contributed by atoms with E-state index in [1.807, 2.05) is 0 Å². The summed E-state index contributed by atoms with van der Waals surface area (Å²) in [5, 5.41) is 1.76. The van der Waals surface area contributed by atoms with Crippen molar-refractivity contribution in [2.24, 2.45) is 0 Å². The number of halogens is 1. The summed E-state index contributed by atoms with van der Waals surface area (Å²) in [5.74, 6) is 0. The van der Waals surface area contributed by atoms with E-state index in [4.69, 9.17) is 0 Å². The molecule has 0 bridgehead atoms. The summed E-state index contributed by atoms with van der Waals surface area (Å²) < 4.78 is 21.5. The highest BCUT2D eigenvalue weighted by Gasteiger charge is 2.12. The van der Waals surface area contributed by atoms with E-state index in [0.29, 0.717) is 0 Å². The van der Waals surface area contributed by atoms with Crippen molar-refractivity contribution in [1.29, 1.82) is 0 Å². The van der Waals surface area contributed by atoms with Gasteiger partial charge in [0.15, 0.2) is 0 Å². The van der Waals surface area contributed by atoms with E-state index in [0.717, 1.165) is 25.9 Å². The Labute approximate surface area is 79.8 Å². The zero-order chi connectivity index (χ0) is 8.32.